The van der Waals surface area contributed by atoms with Crippen LogP contribution in [0.25, 0.3) is 55.8 Å². The maximum absolute atomic E-state index is 12.3. The van der Waals surface area contributed by atoms with Crippen molar-refractivity contribution in [1.29, 1.82) is 0 Å². The van der Waals surface area contributed by atoms with Crippen LogP contribution < -0.4 is 42.1 Å². The highest BCUT2D eigenvalue weighted by Gasteiger charge is 2.49. The summed E-state index contributed by atoms with van der Waals surface area (Å²) < 4.78 is 48.6. The van der Waals surface area contributed by atoms with Crippen LogP contribution in [0.15, 0.2) is 46.0 Å². The van der Waals surface area contributed by atoms with Crippen molar-refractivity contribution in [2.24, 2.45) is 0 Å². The molecular formula is C84H135ClN23O19P5. The van der Waals surface area contributed by atoms with Gasteiger partial charge in [0, 0.05) is 19.6 Å². The number of anilines is 3. The Bertz CT molecular complexity index is 6040. The number of H-pyrrole nitrogens is 3. The van der Waals surface area contributed by atoms with Crippen LogP contribution in [-0.2, 0) is 23.7 Å². The Morgan fingerprint density at radius 3 is 0.970 bits per heavy atom. The number of aliphatic hydroxyl groups excluding tert-OH is 9. The SMILES string of the molecule is C=P(C)(C)CC[C@H]1OC(n2cnc3c(=O)[nH]c(NCC)nc32)C(O)[C@@H]1O.C=P(C)(C)CC[C@H]1OC(n2cnc3c(=O)[nH]c(NCCC)nc32)C(O)[C@@H]1O.C=P(C)(C)CC[C@H]1OC(n2cnc3c(=O)[nH]c(NCCCC)nc32)C(O)[C@@H]1O.C=P(C)(C)CC[C@H]1OC(n2cnc3c(OC)nc(C)nc32)C(O)[C@@H]1O.C=P(C)(C)CC[C@H]1OC(n2cnc3c(OCC)nc(C)nc32)C(Cl)[C@@H]1O. The molecule has 5 aliphatic rings. The lowest BCUT2D eigenvalue weighted by Crippen LogP contribution is -2.32. The van der Waals surface area contributed by atoms with Gasteiger partial charge in [0.15, 0.2) is 87.0 Å². The fourth-order valence-corrected chi connectivity index (χ4v) is 20.6. The predicted molar refractivity (Wildman–Crippen MR) is 529 cm³/mol. The summed E-state index contributed by atoms with van der Waals surface area (Å²) in [6, 6.07) is 0. The van der Waals surface area contributed by atoms with E-state index in [4.69, 9.17) is 44.8 Å². The van der Waals surface area contributed by atoms with Crippen molar-refractivity contribution in [2.75, 3.05) is 147 Å². The Hall–Kier alpha value is -7.62. The highest BCUT2D eigenvalue weighted by Crippen LogP contribution is 2.47. The van der Waals surface area contributed by atoms with Crippen LogP contribution in [0, 0.1) is 13.8 Å². The van der Waals surface area contributed by atoms with E-state index in [1.54, 1.807) is 29.3 Å². The molecule has 5 aliphatic heterocycles. The van der Waals surface area contributed by atoms with Crippen LogP contribution in [0.3, 0.4) is 0 Å². The van der Waals surface area contributed by atoms with Crippen molar-refractivity contribution in [3.63, 3.8) is 0 Å². The molecule has 0 aliphatic carbocycles. The van der Waals surface area contributed by atoms with Gasteiger partial charge in [-0.25, -0.2) is 34.9 Å². The number of alkyl halides is 1. The zero-order valence-electron chi connectivity index (χ0n) is 78.3. The number of methoxy groups -OCH3 is 1. The first-order chi connectivity index (χ1) is 62.0. The maximum Gasteiger partial charge on any atom is 0.280 e. The standard InChI is InChI=1S/C18H30N5O4P.C17H26ClN4O3P.C17H28N5O4P.C16H26N5O4P.C16H25N4O4P/c1-5-6-8-19-18-21-15-12(16(26)22-18)20-10-23(15)17-14(25)13(24)11(27-17)7-9-28(2,3)4;1-6-24-16-13-15(20-10(2)21-16)22(9-19-13)17-12(18)14(23)11(25-17)7-8-26(3,4)5;1-5-7-18-17-20-14-11(15(25)21-17)19-9-22(14)16-13(24)12(23)10(26-16)6-8-27(2,3)4;1-5-17-16-19-13-10(14(24)20-16)18-8-21(13)15-12(23)11(22)9(25-15)6-7-26(2,3)4;1-9-18-14-11(15(19-9)23-2)17-8-20(14)16-13(22)12(21)10(24-16)6-7-25(3,4)5/h10-11,13-14,17,24-25H,2,5-9H2,1,3-4H3,(H2,19,21,22,26);9,11-12,14,17,23H,3,6-8H2,1-2,4-5H3;9-10,12-13,16,23-24H,2,5-8H2,1,3-4H3,(H2,18,20,21,25);8-9,11-12,15,22-23H,2,5-7H2,1,3-4H3,(H2,17,19,20,24);8,10,12-13,16,21-22H,3,6-7H2,1-2,4-5H3/t11-,13-,14?,17?;11-,12?,14-,17?;10-,12-,13?,16?;9-,11-,12?,15?;10-,12-,13?,16?/m11111/s1. The van der Waals surface area contributed by atoms with Crippen molar-refractivity contribution >= 4 is 151 Å². The second kappa shape index (κ2) is 44.2. The van der Waals surface area contributed by atoms with Crippen LogP contribution in [0.5, 0.6) is 11.8 Å². The summed E-state index contributed by atoms with van der Waals surface area (Å²) in [4.78, 5) is 96.2. The summed E-state index contributed by atoms with van der Waals surface area (Å²) in [5, 5.41) is 103. The lowest BCUT2D eigenvalue weighted by molar-refractivity contribution is -0.0353. The molecule has 0 spiro atoms. The first kappa shape index (κ1) is 105. The predicted octanol–water partition coefficient (Wildman–Crippen LogP) is 5.34. The minimum Gasteiger partial charge on any atom is -0.479 e. The second-order valence-corrected chi connectivity index (χ2v) is 59.4. The summed E-state index contributed by atoms with van der Waals surface area (Å²) in [6.45, 7) is 28.9. The zero-order valence-corrected chi connectivity index (χ0v) is 83.5. The molecule has 0 saturated carbocycles. The minimum absolute atomic E-state index is 0.158. The van der Waals surface area contributed by atoms with Crippen molar-refractivity contribution in [1.82, 2.24) is 97.6 Å². The molecule has 20 atom stereocenters. The van der Waals surface area contributed by atoms with Gasteiger partial charge < -0.3 is 95.1 Å². The van der Waals surface area contributed by atoms with Crippen molar-refractivity contribution in [3.05, 3.63) is 74.3 Å². The first-order valence-corrected chi connectivity index (χ1v) is 59.9. The molecule has 10 unspecified atom stereocenters. The van der Waals surface area contributed by atoms with Crippen LogP contribution in [0.1, 0.15) is 122 Å². The molecule has 15 N–H and O–H groups in total. The molecule has 5 saturated heterocycles. The number of ether oxygens (including phenoxy) is 7. The van der Waals surface area contributed by atoms with E-state index in [0.717, 1.165) is 56.5 Å². The van der Waals surface area contributed by atoms with Crippen LogP contribution in [0.4, 0.5) is 17.8 Å². The number of unbranched alkanes of at least 4 members (excludes halogenated alkanes) is 1. The number of aromatic nitrogens is 20. The summed E-state index contributed by atoms with van der Waals surface area (Å²) in [5.41, 5.74) is 2.44. The maximum atomic E-state index is 12.3. The molecule has 0 aromatic carbocycles. The molecule has 5 fully saturated rings. The smallest absolute Gasteiger partial charge is 0.280 e. The molecule has 0 bridgehead atoms. The van der Waals surface area contributed by atoms with Crippen LogP contribution in [0.2, 0.25) is 0 Å². The van der Waals surface area contributed by atoms with Gasteiger partial charge in [0.1, 0.15) is 72.0 Å². The number of aryl methyl sites for hydroxylation is 2. The molecule has 732 valence electrons. The number of imidazole rings is 5. The third-order valence-corrected chi connectivity index (χ3v) is 30.4. The number of hydrogen-bond acceptors (Lipinski definition) is 34. The number of nitrogens with zero attached hydrogens (tertiary/aromatic N) is 17. The molecule has 48 heteroatoms. The lowest BCUT2D eigenvalue weighted by Gasteiger charge is -2.19. The van der Waals surface area contributed by atoms with Crippen molar-refractivity contribution in [2.45, 2.75) is 215 Å². The van der Waals surface area contributed by atoms with Crippen molar-refractivity contribution < 1.29 is 79.1 Å². The van der Waals surface area contributed by atoms with Crippen LogP contribution >= 0.6 is 46.0 Å². The van der Waals surface area contributed by atoms with Gasteiger partial charge in [-0.2, -0.15) is 24.9 Å². The summed E-state index contributed by atoms with van der Waals surface area (Å²) in [6.07, 6.45) is 23.4. The summed E-state index contributed by atoms with van der Waals surface area (Å²) in [7, 11) is 1.52. The first-order valence-electron chi connectivity index (χ1n) is 44.2. The van der Waals surface area contributed by atoms with E-state index in [0.29, 0.717) is 132 Å². The number of halogens is 1. The molecule has 132 heavy (non-hydrogen) atoms. The molecule has 42 nitrogen and oxygen atoms in total. The Labute approximate surface area is 771 Å². The number of nitrogens with one attached hydrogen (secondary N) is 6. The van der Waals surface area contributed by atoms with Crippen LogP contribution in [-0.4, -0.2) is 397 Å². The zero-order chi connectivity index (χ0) is 96.7. The largest absolute Gasteiger partial charge is 0.479 e. The Morgan fingerprint density at radius 1 is 0.386 bits per heavy atom. The minimum atomic E-state index is -1.27. The normalized spacial score (nSPS) is 26.3. The Morgan fingerprint density at radius 2 is 0.667 bits per heavy atom. The number of fused-ring (bicyclic) bond motifs is 5. The van der Waals surface area contributed by atoms with E-state index in [2.05, 4.69) is 196 Å². The van der Waals surface area contributed by atoms with Gasteiger partial charge in [0.25, 0.3) is 16.7 Å². The molecule has 10 aromatic heterocycles. The van der Waals surface area contributed by atoms with Gasteiger partial charge >= 0.3 is 0 Å². The summed E-state index contributed by atoms with van der Waals surface area (Å²) >= 11 is 6.50. The van der Waals surface area contributed by atoms with E-state index in [-0.39, 0.29) is 39.3 Å². The van der Waals surface area contributed by atoms with Gasteiger partial charge in [-0.3, -0.25) is 52.2 Å². The quantitative estimate of drug-likeness (QED) is 0.0144. The molecule has 0 radical (unpaired) electrons. The molecule has 0 amide bonds. The van der Waals surface area contributed by atoms with Crippen molar-refractivity contribution in [3.8, 4) is 11.8 Å². The fraction of sp³-hybridized carbons (Fsp3) is 0.643. The lowest BCUT2D eigenvalue weighted by atomic mass is 10.1. The monoisotopic (exact) mass is 1960 g/mol. The number of hydrogen-bond donors (Lipinski definition) is 15. The molecule has 15 heterocycles. The summed E-state index contributed by atoms with van der Waals surface area (Å²) in [5.74, 6) is 2.92. The van der Waals surface area contributed by atoms with E-state index < -0.39 is 150 Å². The highest BCUT2D eigenvalue weighted by molar-refractivity contribution is 7.73. The van der Waals surface area contributed by atoms with E-state index >= 15 is 0 Å². The highest BCUT2D eigenvalue weighted by atomic mass is 35.5. The third kappa shape index (κ3) is 25.8. The van der Waals surface area contributed by atoms with Gasteiger partial charge in [-0.15, -0.1) is 77.5 Å². The molecule has 15 rings (SSSR count). The fourth-order valence-electron chi connectivity index (χ4n) is 15.5. The third-order valence-electron chi connectivity index (χ3n) is 22.6. The van der Waals surface area contributed by atoms with Gasteiger partial charge in [0.05, 0.1) is 75.9 Å². The number of rotatable bonds is 32. The Kier molecular flexibility index (Phi) is 35.1. The van der Waals surface area contributed by atoms with Gasteiger partial charge in [-0.1, -0.05) is 20.3 Å². The molecule has 10 aromatic rings. The van der Waals surface area contributed by atoms with Gasteiger partial charge in [0.2, 0.25) is 29.6 Å². The van der Waals surface area contributed by atoms with E-state index in [9.17, 15) is 60.3 Å². The average molecular weight is 1960 g/mol. The van der Waals surface area contributed by atoms with E-state index in [1.165, 1.54) is 46.1 Å². The second-order valence-electron chi connectivity index (χ2n) is 37.3. The number of aromatic amines is 3. The van der Waals surface area contributed by atoms with E-state index in [1.807, 2.05) is 20.8 Å². The average Bonchev–Trinajstić information content (AvgIpc) is 1.64. The number of aliphatic hydroxyl groups is 9. The van der Waals surface area contributed by atoms with Gasteiger partial charge in [-0.05, 0) is 170 Å². The topological polar surface area (TPSA) is 561 Å². The Balaban J connectivity index is 0.000000159. The molecular weight excluding hydrogens is 1830 g/mol.